The van der Waals surface area contributed by atoms with Crippen LogP contribution in [0, 0.1) is 0 Å². The number of nitrogens with one attached hydrogen (secondary N) is 1. The molecule has 1 saturated carbocycles. The monoisotopic (exact) mass is 447 g/mol. The van der Waals surface area contributed by atoms with Gasteiger partial charge in [-0.05, 0) is 61.5 Å². The van der Waals surface area contributed by atoms with E-state index in [9.17, 15) is 4.79 Å². The molecule has 3 aromatic rings. The van der Waals surface area contributed by atoms with E-state index >= 15 is 0 Å². The number of pyridine rings is 1. The second-order valence-corrected chi connectivity index (χ2v) is 8.80. The summed E-state index contributed by atoms with van der Waals surface area (Å²) in [7, 11) is 0. The van der Waals surface area contributed by atoms with Crippen LogP contribution in [0.4, 0.5) is 0 Å². The highest BCUT2D eigenvalue weighted by molar-refractivity contribution is 7.80. The SMILES string of the molecule is O=C(O)c1ccc(-c2ccc([C@H]3[C@H](c4ccccn4)NC(=S)N3C3CCCCC3)o2)cc1. The van der Waals surface area contributed by atoms with E-state index in [0.29, 0.717) is 11.8 Å². The predicted octanol–water partition coefficient (Wildman–Crippen LogP) is 5.35. The third-order valence-electron chi connectivity index (χ3n) is 6.44. The van der Waals surface area contributed by atoms with Crippen molar-refractivity contribution in [1.82, 2.24) is 15.2 Å². The Morgan fingerprint density at radius 2 is 1.84 bits per heavy atom. The van der Waals surface area contributed by atoms with Gasteiger partial charge in [-0.15, -0.1) is 0 Å². The number of carboxylic acids is 1. The van der Waals surface area contributed by atoms with Crippen LogP contribution in [-0.2, 0) is 0 Å². The molecule has 0 bridgehead atoms. The van der Waals surface area contributed by atoms with Crippen LogP contribution < -0.4 is 5.32 Å². The van der Waals surface area contributed by atoms with Crippen molar-refractivity contribution in [3.63, 3.8) is 0 Å². The van der Waals surface area contributed by atoms with Gasteiger partial charge in [-0.1, -0.05) is 37.5 Å². The van der Waals surface area contributed by atoms with Gasteiger partial charge in [0.2, 0.25) is 0 Å². The molecule has 2 fully saturated rings. The number of rotatable bonds is 5. The van der Waals surface area contributed by atoms with Gasteiger partial charge >= 0.3 is 5.97 Å². The molecule has 0 amide bonds. The van der Waals surface area contributed by atoms with Crippen LogP contribution in [0.15, 0.2) is 65.2 Å². The van der Waals surface area contributed by atoms with Crippen molar-refractivity contribution in [3.8, 4) is 11.3 Å². The highest BCUT2D eigenvalue weighted by Crippen LogP contribution is 2.43. The average Bonchev–Trinajstić information content (AvgIpc) is 3.45. The molecular weight excluding hydrogens is 422 g/mol. The normalized spacial score (nSPS) is 21.5. The van der Waals surface area contributed by atoms with Crippen LogP contribution in [0.25, 0.3) is 11.3 Å². The molecule has 6 nitrogen and oxygen atoms in total. The minimum atomic E-state index is -0.941. The Hall–Kier alpha value is -3.19. The van der Waals surface area contributed by atoms with Crippen molar-refractivity contribution in [3.05, 3.63) is 77.8 Å². The van der Waals surface area contributed by atoms with Gasteiger partial charge < -0.3 is 19.7 Å². The molecule has 2 aromatic heterocycles. The molecule has 164 valence electrons. The summed E-state index contributed by atoms with van der Waals surface area (Å²) in [6.07, 6.45) is 7.75. The predicted molar refractivity (Wildman–Crippen MR) is 125 cm³/mol. The molecule has 32 heavy (non-hydrogen) atoms. The van der Waals surface area contributed by atoms with Crippen molar-refractivity contribution in [2.45, 2.75) is 50.2 Å². The number of carbonyl (C=O) groups is 1. The van der Waals surface area contributed by atoms with Crippen LogP contribution in [-0.4, -0.2) is 32.1 Å². The Labute approximate surface area is 192 Å². The Balaban J connectivity index is 1.51. The van der Waals surface area contributed by atoms with Crippen LogP contribution in [0.3, 0.4) is 0 Å². The Morgan fingerprint density at radius 1 is 1.06 bits per heavy atom. The van der Waals surface area contributed by atoms with Crippen molar-refractivity contribution in [2.24, 2.45) is 0 Å². The molecule has 2 N–H and O–H groups in total. The molecule has 0 unspecified atom stereocenters. The first-order chi connectivity index (χ1) is 15.6. The average molecular weight is 448 g/mol. The van der Waals surface area contributed by atoms with E-state index < -0.39 is 5.97 Å². The number of thiocarbonyl (C=S) groups is 1. The van der Waals surface area contributed by atoms with E-state index in [2.05, 4.69) is 15.2 Å². The van der Waals surface area contributed by atoms with Crippen molar-refractivity contribution in [1.29, 1.82) is 0 Å². The summed E-state index contributed by atoms with van der Waals surface area (Å²) >= 11 is 5.80. The molecule has 0 radical (unpaired) electrons. The van der Waals surface area contributed by atoms with Gasteiger partial charge in [0.15, 0.2) is 5.11 Å². The first-order valence-corrected chi connectivity index (χ1v) is 11.5. The largest absolute Gasteiger partial charge is 0.478 e. The maximum atomic E-state index is 11.2. The lowest BCUT2D eigenvalue weighted by molar-refractivity contribution is 0.0697. The van der Waals surface area contributed by atoms with E-state index in [-0.39, 0.29) is 17.6 Å². The smallest absolute Gasteiger partial charge is 0.335 e. The lowest BCUT2D eigenvalue weighted by atomic mass is 9.92. The summed E-state index contributed by atoms with van der Waals surface area (Å²) in [6, 6.07) is 16.8. The summed E-state index contributed by atoms with van der Waals surface area (Å²) in [5, 5.41) is 13.4. The molecule has 1 aliphatic carbocycles. The van der Waals surface area contributed by atoms with Crippen LogP contribution in [0.2, 0.25) is 0 Å². The number of carboxylic acid groups (broad SMARTS) is 1. The molecule has 0 spiro atoms. The number of hydrogen-bond acceptors (Lipinski definition) is 4. The van der Waals surface area contributed by atoms with E-state index in [1.807, 2.05) is 30.3 Å². The van der Waals surface area contributed by atoms with Gasteiger partial charge in [-0.3, -0.25) is 4.98 Å². The zero-order valence-electron chi connectivity index (χ0n) is 17.6. The minimum absolute atomic E-state index is 0.0902. The minimum Gasteiger partial charge on any atom is -0.478 e. The van der Waals surface area contributed by atoms with Crippen LogP contribution in [0.1, 0.15) is 66.0 Å². The fourth-order valence-corrected chi connectivity index (χ4v) is 5.26. The van der Waals surface area contributed by atoms with E-state index in [1.165, 1.54) is 19.3 Å². The van der Waals surface area contributed by atoms with Gasteiger partial charge in [0, 0.05) is 17.8 Å². The number of aromatic carboxylic acids is 1. The van der Waals surface area contributed by atoms with Gasteiger partial charge in [0.1, 0.15) is 17.6 Å². The van der Waals surface area contributed by atoms with E-state index in [0.717, 1.165) is 35.0 Å². The molecule has 7 heteroatoms. The third-order valence-corrected chi connectivity index (χ3v) is 6.77. The van der Waals surface area contributed by atoms with Gasteiger partial charge in [-0.2, -0.15) is 0 Å². The maximum Gasteiger partial charge on any atom is 0.335 e. The number of benzene rings is 1. The Kier molecular flexibility index (Phi) is 5.66. The number of nitrogens with zero attached hydrogens (tertiary/aromatic N) is 2. The zero-order valence-corrected chi connectivity index (χ0v) is 18.4. The quantitative estimate of drug-likeness (QED) is 0.511. The van der Waals surface area contributed by atoms with Gasteiger partial charge in [-0.25, -0.2) is 4.79 Å². The van der Waals surface area contributed by atoms with Gasteiger partial charge in [0.25, 0.3) is 0 Å². The second-order valence-electron chi connectivity index (χ2n) is 8.41. The lowest BCUT2D eigenvalue weighted by Gasteiger charge is -2.36. The summed E-state index contributed by atoms with van der Waals surface area (Å²) < 4.78 is 6.36. The first kappa shape index (κ1) is 20.7. The fraction of sp³-hybridized carbons (Fsp3) is 0.320. The second kappa shape index (κ2) is 8.74. The van der Waals surface area contributed by atoms with Gasteiger partial charge in [0.05, 0.1) is 17.3 Å². The first-order valence-electron chi connectivity index (χ1n) is 11.0. The maximum absolute atomic E-state index is 11.2. The summed E-state index contributed by atoms with van der Waals surface area (Å²) in [5.74, 6) is 0.595. The summed E-state index contributed by atoms with van der Waals surface area (Å²) in [5.41, 5.74) is 2.03. The Morgan fingerprint density at radius 3 is 2.53 bits per heavy atom. The highest BCUT2D eigenvalue weighted by Gasteiger charge is 2.44. The Bertz CT molecular complexity index is 1110. The fourth-order valence-electron chi connectivity index (χ4n) is 4.87. The molecule has 3 heterocycles. The highest BCUT2D eigenvalue weighted by atomic mass is 32.1. The molecule has 1 saturated heterocycles. The number of aromatic nitrogens is 1. The van der Waals surface area contributed by atoms with E-state index in [4.69, 9.17) is 21.7 Å². The topological polar surface area (TPSA) is 78.6 Å². The van der Waals surface area contributed by atoms with Crippen molar-refractivity contribution in [2.75, 3.05) is 0 Å². The third kappa shape index (κ3) is 3.88. The molecule has 1 aliphatic heterocycles. The number of furan rings is 1. The number of hydrogen-bond donors (Lipinski definition) is 2. The van der Waals surface area contributed by atoms with Crippen molar-refractivity contribution >= 4 is 23.3 Å². The molecule has 5 rings (SSSR count). The van der Waals surface area contributed by atoms with E-state index in [1.54, 1.807) is 30.5 Å². The molecular formula is C25H25N3O3S. The van der Waals surface area contributed by atoms with Crippen LogP contribution >= 0.6 is 12.2 Å². The standard InChI is InChI=1S/C25H25N3O3S/c29-24(30)17-11-9-16(10-12-17)20-13-14-21(31-20)23-22(19-8-4-5-15-26-19)27-25(32)28(23)18-6-2-1-3-7-18/h4-5,8-15,18,22-23H,1-3,6-7H2,(H,27,32)(H,29,30)/t22-,23-/m0/s1. The van der Waals surface area contributed by atoms with Crippen LogP contribution in [0.5, 0.6) is 0 Å². The summed E-state index contributed by atoms with van der Waals surface area (Å²) in [4.78, 5) is 18.1. The zero-order chi connectivity index (χ0) is 22.1. The summed E-state index contributed by atoms with van der Waals surface area (Å²) in [6.45, 7) is 0. The molecule has 1 aromatic carbocycles. The molecule has 2 aliphatic rings. The lowest BCUT2D eigenvalue weighted by Crippen LogP contribution is -2.40. The molecule has 2 atom stereocenters. The van der Waals surface area contributed by atoms with Crippen molar-refractivity contribution < 1.29 is 14.3 Å².